The fourth-order valence-corrected chi connectivity index (χ4v) is 2.15. The molecule has 9 nitrogen and oxygen atoms in total. The molecule has 0 aromatic carbocycles. The number of aromatic nitrogens is 5. The first-order chi connectivity index (χ1) is 9.61. The lowest BCUT2D eigenvalue weighted by molar-refractivity contribution is -0.141. The van der Waals surface area contributed by atoms with E-state index in [0.29, 0.717) is 10.2 Å². The molecule has 0 aliphatic rings. The molecule has 1 amide bonds. The van der Waals surface area contributed by atoms with Gasteiger partial charge < -0.3 is 10.5 Å². The Morgan fingerprint density at radius 1 is 1.50 bits per heavy atom. The number of methoxy groups -OCH3 is 1. The lowest BCUT2D eigenvalue weighted by Gasteiger charge is -2.05. The summed E-state index contributed by atoms with van der Waals surface area (Å²) in [7, 11) is 1.27. The zero-order valence-electron chi connectivity index (χ0n) is 10.4. The number of hydrogen-bond acceptors (Lipinski definition) is 8. The van der Waals surface area contributed by atoms with Gasteiger partial charge in [-0.05, 0) is 34.3 Å². The van der Waals surface area contributed by atoms with Crippen LogP contribution in [0.4, 0.5) is 0 Å². The van der Waals surface area contributed by atoms with Gasteiger partial charge in [-0.3, -0.25) is 9.59 Å². The Bertz CT molecular complexity index is 643. The summed E-state index contributed by atoms with van der Waals surface area (Å²) in [6.07, 6.45) is 1.52. The molecule has 20 heavy (non-hydrogen) atoms. The van der Waals surface area contributed by atoms with Gasteiger partial charge in [0, 0.05) is 6.20 Å². The molecular formula is C10H10N6O3S. The first kappa shape index (κ1) is 13.9. The van der Waals surface area contributed by atoms with Crippen molar-refractivity contribution in [3.05, 3.63) is 23.9 Å². The molecule has 2 N–H and O–H groups in total. The van der Waals surface area contributed by atoms with Crippen LogP contribution in [0.3, 0.4) is 0 Å². The monoisotopic (exact) mass is 294 g/mol. The Hall–Kier alpha value is -2.49. The van der Waals surface area contributed by atoms with E-state index in [0.717, 1.165) is 11.8 Å². The molecule has 0 spiro atoms. The summed E-state index contributed by atoms with van der Waals surface area (Å²) in [5.41, 5.74) is 5.51. The van der Waals surface area contributed by atoms with Crippen molar-refractivity contribution in [2.75, 3.05) is 7.11 Å². The second-order valence-electron chi connectivity index (χ2n) is 3.52. The van der Waals surface area contributed by atoms with Crippen LogP contribution in [0.5, 0.6) is 0 Å². The van der Waals surface area contributed by atoms with Gasteiger partial charge in [-0.15, -0.1) is 5.10 Å². The third kappa shape index (κ3) is 3.09. The standard InChI is InChI=1S/C10H10N6O3S/c1-19-7(17)5-16-10(13-14-15-16)20-9-6(8(11)18)3-2-4-12-9/h2-4H,5H2,1H3,(H2,11,18). The predicted octanol–water partition coefficient (Wildman–Crippen LogP) is -0.509. The average molecular weight is 294 g/mol. The van der Waals surface area contributed by atoms with E-state index in [1.165, 1.54) is 18.0 Å². The number of amides is 1. The maximum Gasteiger partial charge on any atom is 0.327 e. The molecule has 0 aliphatic heterocycles. The van der Waals surface area contributed by atoms with Crippen LogP contribution in [0.15, 0.2) is 28.5 Å². The third-order valence-corrected chi connectivity index (χ3v) is 3.22. The van der Waals surface area contributed by atoms with Crippen LogP contribution in [0.25, 0.3) is 0 Å². The van der Waals surface area contributed by atoms with Crippen LogP contribution < -0.4 is 5.73 Å². The Morgan fingerprint density at radius 3 is 3.00 bits per heavy atom. The smallest absolute Gasteiger partial charge is 0.327 e. The number of nitrogens with zero attached hydrogens (tertiary/aromatic N) is 5. The summed E-state index contributed by atoms with van der Waals surface area (Å²) >= 11 is 1.04. The van der Waals surface area contributed by atoms with Crippen molar-refractivity contribution in [1.82, 2.24) is 25.2 Å². The quantitative estimate of drug-likeness (QED) is 0.731. The summed E-state index contributed by atoms with van der Waals surface area (Å²) in [4.78, 5) is 26.6. The molecule has 0 atom stereocenters. The number of pyridine rings is 1. The fraction of sp³-hybridized carbons (Fsp3) is 0.200. The van der Waals surface area contributed by atoms with Gasteiger partial charge in [-0.2, -0.15) is 0 Å². The molecule has 0 saturated heterocycles. The molecule has 0 radical (unpaired) electrons. The first-order valence-corrected chi connectivity index (χ1v) is 6.19. The molecule has 0 unspecified atom stereocenters. The van der Waals surface area contributed by atoms with E-state index < -0.39 is 11.9 Å². The van der Waals surface area contributed by atoms with Crippen LogP contribution >= 0.6 is 11.8 Å². The lowest BCUT2D eigenvalue weighted by Crippen LogP contribution is -2.15. The minimum atomic E-state index is -0.604. The van der Waals surface area contributed by atoms with Gasteiger partial charge in [-0.25, -0.2) is 9.67 Å². The van der Waals surface area contributed by atoms with E-state index in [9.17, 15) is 9.59 Å². The van der Waals surface area contributed by atoms with E-state index in [1.807, 2.05) is 0 Å². The summed E-state index contributed by atoms with van der Waals surface area (Å²) in [6.45, 7) is -0.134. The summed E-state index contributed by atoms with van der Waals surface area (Å²) in [6, 6.07) is 3.15. The van der Waals surface area contributed by atoms with Crippen molar-refractivity contribution in [3.63, 3.8) is 0 Å². The average Bonchev–Trinajstić information content (AvgIpc) is 2.86. The maximum atomic E-state index is 11.3. The summed E-state index contributed by atoms with van der Waals surface area (Å²) < 4.78 is 5.78. The van der Waals surface area contributed by atoms with Gasteiger partial charge in [-0.1, -0.05) is 0 Å². The van der Waals surface area contributed by atoms with Crippen LogP contribution in [-0.4, -0.2) is 44.2 Å². The van der Waals surface area contributed by atoms with Crippen LogP contribution in [-0.2, 0) is 16.1 Å². The SMILES string of the molecule is COC(=O)Cn1nnnc1Sc1ncccc1C(N)=O. The molecule has 2 aromatic rings. The lowest BCUT2D eigenvalue weighted by atomic mass is 10.3. The largest absolute Gasteiger partial charge is 0.468 e. The maximum absolute atomic E-state index is 11.3. The second-order valence-corrected chi connectivity index (χ2v) is 4.47. The number of esters is 1. The van der Waals surface area contributed by atoms with Crippen molar-refractivity contribution in [3.8, 4) is 0 Å². The molecule has 2 rings (SSSR count). The van der Waals surface area contributed by atoms with Gasteiger partial charge in [0.15, 0.2) is 0 Å². The topological polar surface area (TPSA) is 126 Å². The highest BCUT2D eigenvalue weighted by molar-refractivity contribution is 7.99. The van der Waals surface area contributed by atoms with E-state index >= 15 is 0 Å². The number of nitrogens with two attached hydrogens (primary N) is 1. The number of rotatable bonds is 5. The fourth-order valence-electron chi connectivity index (χ4n) is 1.30. The second kappa shape index (κ2) is 6.10. The molecule has 10 heteroatoms. The zero-order valence-corrected chi connectivity index (χ0v) is 11.2. The van der Waals surface area contributed by atoms with Crippen molar-refractivity contribution in [2.24, 2.45) is 5.73 Å². The number of hydrogen-bond donors (Lipinski definition) is 1. The normalized spacial score (nSPS) is 10.2. The van der Waals surface area contributed by atoms with Crippen molar-refractivity contribution >= 4 is 23.6 Å². The molecule has 2 heterocycles. The Morgan fingerprint density at radius 2 is 2.30 bits per heavy atom. The van der Waals surface area contributed by atoms with Gasteiger partial charge in [0.1, 0.15) is 11.6 Å². The van der Waals surface area contributed by atoms with Gasteiger partial charge in [0.2, 0.25) is 5.16 Å². The Balaban J connectivity index is 2.25. The van der Waals surface area contributed by atoms with Crippen LogP contribution in [0.2, 0.25) is 0 Å². The number of primary amides is 1. The van der Waals surface area contributed by atoms with Crippen molar-refractivity contribution in [1.29, 1.82) is 0 Å². The van der Waals surface area contributed by atoms with Gasteiger partial charge in [0.25, 0.3) is 5.91 Å². The van der Waals surface area contributed by atoms with Gasteiger partial charge in [0.05, 0.1) is 12.7 Å². The molecular weight excluding hydrogens is 284 g/mol. The summed E-state index contributed by atoms with van der Waals surface area (Å²) in [5.74, 6) is -1.09. The zero-order chi connectivity index (χ0) is 14.5. The Labute approximate surface area is 117 Å². The highest BCUT2D eigenvalue weighted by atomic mass is 32.2. The highest BCUT2D eigenvalue weighted by Gasteiger charge is 2.16. The van der Waals surface area contributed by atoms with E-state index in [4.69, 9.17) is 5.73 Å². The minimum Gasteiger partial charge on any atom is -0.468 e. The summed E-state index contributed by atoms with van der Waals surface area (Å²) in [5, 5.41) is 11.6. The Kier molecular flexibility index (Phi) is 4.25. The molecule has 2 aromatic heterocycles. The molecule has 0 fully saturated rings. The number of tetrazole rings is 1. The van der Waals surface area contributed by atoms with Crippen molar-refractivity contribution < 1.29 is 14.3 Å². The van der Waals surface area contributed by atoms with Crippen LogP contribution in [0, 0.1) is 0 Å². The third-order valence-electron chi connectivity index (χ3n) is 2.23. The van der Waals surface area contributed by atoms with Gasteiger partial charge >= 0.3 is 5.97 Å². The highest BCUT2D eigenvalue weighted by Crippen LogP contribution is 2.26. The van der Waals surface area contributed by atoms with E-state index in [1.54, 1.807) is 12.1 Å². The number of carbonyl (C=O) groups excluding carboxylic acids is 2. The number of ether oxygens (including phenoxy) is 1. The van der Waals surface area contributed by atoms with Crippen molar-refractivity contribution in [2.45, 2.75) is 16.7 Å². The van der Waals surface area contributed by atoms with E-state index in [2.05, 4.69) is 25.2 Å². The molecule has 0 bridgehead atoms. The molecule has 104 valence electrons. The minimum absolute atomic E-state index is 0.134. The predicted molar refractivity (Wildman–Crippen MR) is 66.7 cm³/mol. The van der Waals surface area contributed by atoms with E-state index in [-0.39, 0.29) is 12.1 Å². The van der Waals surface area contributed by atoms with Crippen LogP contribution in [0.1, 0.15) is 10.4 Å². The first-order valence-electron chi connectivity index (χ1n) is 5.37. The molecule has 0 saturated carbocycles. The molecule has 0 aliphatic carbocycles. The number of carbonyl (C=O) groups is 2.